The van der Waals surface area contributed by atoms with Crippen molar-refractivity contribution in [1.29, 1.82) is 0 Å². The molecule has 0 fully saturated rings. The lowest BCUT2D eigenvalue weighted by molar-refractivity contribution is 0.243. The smallest absolute Gasteiger partial charge is 0.133 e. The van der Waals surface area contributed by atoms with Gasteiger partial charge in [0.1, 0.15) is 5.75 Å². The summed E-state index contributed by atoms with van der Waals surface area (Å²) in [5.74, 6) is 0.820. The molecular weight excluding hydrogens is 387 g/mol. The van der Waals surface area contributed by atoms with Crippen molar-refractivity contribution >= 4 is 39.1 Å². The van der Waals surface area contributed by atoms with Crippen LogP contribution in [0.5, 0.6) is 5.75 Å². The molecule has 0 aliphatic rings. The summed E-state index contributed by atoms with van der Waals surface area (Å²) < 4.78 is 6.67. The molecule has 2 rings (SSSR count). The fourth-order valence-electron chi connectivity index (χ4n) is 2.25. The van der Waals surface area contributed by atoms with Crippen LogP contribution >= 0.6 is 39.1 Å². The fourth-order valence-corrected chi connectivity index (χ4v) is 3.21. The first-order valence-electron chi connectivity index (χ1n) is 7.05. The van der Waals surface area contributed by atoms with Crippen molar-refractivity contribution < 1.29 is 9.84 Å². The average Bonchev–Trinajstić information content (AvgIpc) is 2.50. The molecule has 0 saturated carbocycles. The highest BCUT2D eigenvalue weighted by molar-refractivity contribution is 9.10. The molecule has 1 atom stereocenters. The molecule has 5 heteroatoms. The minimum absolute atomic E-state index is 0.00687. The number of rotatable bonds is 7. The molecule has 118 valence electrons. The average molecular weight is 404 g/mol. The first kappa shape index (κ1) is 17.6. The minimum atomic E-state index is -0.00687. The normalized spacial score (nSPS) is 12.2. The standard InChI is InChI=1S/C17H17BrCl2O2/c18-15-5-1-2-6-17(15)22-9-3-4-12(11-21)14-8-7-13(19)10-16(14)20/h1-2,5-8,10,12,21H,3-4,9,11H2/t12-/m1/s1. The molecule has 2 aromatic carbocycles. The van der Waals surface area contributed by atoms with E-state index >= 15 is 0 Å². The Morgan fingerprint density at radius 2 is 1.91 bits per heavy atom. The first-order chi connectivity index (χ1) is 10.6. The van der Waals surface area contributed by atoms with Crippen LogP contribution in [0.2, 0.25) is 10.0 Å². The van der Waals surface area contributed by atoms with E-state index in [0.29, 0.717) is 16.7 Å². The molecule has 2 aromatic rings. The second kappa shape index (κ2) is 8.78. The van der Waals surface area contributed by atoms with Gasteiger partial charge in [-0.1, -0.05) is 41.4 Å². The highest BCUT2D eigenvalue weighted by Crippen LogP contribution is 2.30. The lowest BCUT2D eigenvalue weighted by atomic mass is 9.95. The predicted molar refractivity (Wildman–Crippen MR) is 95.2 cm³/mol. The SMILES string of the molecule is OC[C@@H](CCCOc1ccccc1Br)c1ccc(Cl)cc1Cl. The number of hydrogen-bond donors (Lipinski definition) is 1. The maximum Gasteiger partial charge on any atom is 0.133 e. The summed E-state index contributed by atoms with van der Waals surface area (Å²) >= 11 is 15.6. The van der Waals surface area contributed by atoms with Gasteiger partial charge >= 0.3 is 0 Å². The Labute approximate surface area is 149 Å². The maximum absolute atomic E-state index is 9.59. The van der Waals surface area contributed by atoms with E-state index in [1.807, 2.05) is 30.3 Å². The monoisotopic (exact) mass is 402 g/mol. The molecule has 0 heterocycles. The third-order valence-electron chi connectivity index (χ3n) is 3.41. The van der Waals surface area contributed by atoms with E-state index in [9.17, 15) is 5.11 Å². The summed E-state index contributed by atoms with van der Waals surface area (Å²) in [6.45, 7) is 0.640. The van der Waals surface area contributed by atoms with Crippen LogP contribution in [0.3, 0.4) is 0 Å². The van der Waals surface area contributed by atoms with Crippen molar-refractivity contribution in [2.45, 2.75) is 18.8 Å². The Kier molecular flexibility index (Phi) is 7.03. The third kappa shape index (κ3) is 4.88. The minimum Gasteiger partial charge on any atom is -0.492 e. The van der Waals surface area contributed by atoms with Gasteiger partial charge in [-0.2, -0.15) is 0 Å². The Bertz CT molecular complexity index is 619. The molecule has 0 aromatic heterocycles. The molecular formula is C17H17BrCl2O2. The number of benzene rings is 2. The molecule has 0 saturated heterocycles. The molecule has 0 amide bonds. The van der Waals surface area contributed by atoms with E-state index in [1.54, 1.807) is 12.1 Å². The van der Waals surface area contributed by atoms with E-state index < -0.39 is 0 Å². The number of halogens is 3. The third-order valence-corrected chi connectivity index (χ3v) is 4.63. The van der Waals surface area contributed by atoms with Gasteiger partial charge in [0.2, 0.25) is 0 Å². The number of ether oxygens (including phenoxy) is 1. The zero-order valence-electron chi connectivity index (χ0n) is 11.9. The molecule has 2 nitrogen and oxygen atoms in total. The largest absolute Gasteiger partial charge is 0.492 e. The quantitative estimate of drug-likeness (QED) is 0.601. The molecule has 0 bridgehead atoms. The second-order valence-corrected chi connectivity index (χ2v) is 6.66. The van der Waals surface area contributed by atoms with Crippen LogP contribution in [-0.2, 0) is 0 Å². The topological polar surface area (TPSA) is 29.5 Å². The van der Waals surface area contributed by atoms with Gasteiger partial charge < -0.3 is 9.84 Å². The van der Waals surface area contributed by atoms with Crippen molar-refractivity contribution in [1.82, 2.24) is 0 Å². The van der Waals surface area contributed by atoms with E-state index in [1.165, 1.54) is 0 Å². The summed E-state index contributed by atoms with van der Waals surface area (Å²) in [6, 6.07) is 13.1. The lowest BCUT2D eigenvalue weighted by Crippen LogP contribution is -2.08. The second-order valence-electron chi connectivity index (χ2n) is 4.97. The van der Waals surface area contributed by atoms with Crippen molar-refractivity contribution in [3.05, 3.63) is 62.5 Å². The van der Waals surface area contributed by atoms with Gasteiger partial charge in [-0.3, -0.25) is 0 Å². The van der Waals surface area contributed by atoms with Crippen LogP contribution in [-0.4, -0.2) is 18.3 Å². The molecule has 0 aliphatic heterocycles. The van der Waals surface area contributed by atoms with E-state index in [0.717, 1.165) is 28.6 Å². The zero-order valence-corrected chi connectivity index (χ0v) is 15.0. The van der Waals surface area contributed by atoms with Crippen LogP contribution in [0.4, 0.5) is 0 Å². The number of aliphatic hydroxyl groups excluding tert-OH is 1. The van der Waals surface area contributed by atoms with Crippen molar-refractivity contribution in [2.24, 2.45) is 0 Å². The van der Waals surface area contributed by atoms with Crippen molar-refractivity contribution in [3.63, 3.8) is 0 Å². The predicted octanol–water partition coefficient (Wildman–Crippen LogP) is 5.69. The van der Waals surface area contributed by atoms with Gasteiger partial charge in [0, 0.05) is 22.6 Å². The summed E-state index contributed by atoms with van der Waals surface area (Å²) in [5, 5.41) is 10.8. The lowest BCUT2D eigenvalue weighted by Gasteiger charge is -2.16. The van der Waals surface area contributed by atoms with Crippen molar-refractivity contribution in [3.8, 4) is 5.75 Å². The molecule has 22 heavy (non-hydrogen) atoms. The summed E-state index contributed by atoms with van der Waals surface area (Å²) in [7, 11) is 0. The highest BCUT2D eigenvalue weighted by Gasteiger charge is 2.14. The molecule has 0 radical (unpaired) electrons. The van der Waals surface area contributed by atoms with E-state index in [-0.39, 0.29) is 12.5 Å². The van der Waals surface area contributed by atoms with Crippen molar-refractivity contribution in [2.75, 3.05) is 13.2 Å². The Morgan fingerprint density at radius 3 is 2.59 bits per heavy atom. The number of hydrogen-bond acceptors (Lipinski definition) is 2. The maximum atomic E-state index is 9.59. The molecule has 0 spiro atoms. The summed E-state index contributed by atoms with van der Waals surface area (Å²) in [4.78, 5) is 0. The van der Waals surface area contributed by atoms with E-state index in [4.69, 9.17) is 27.9 Å². The van der Waals surface area contributed by atoms with Crippen LogP contribution in [0.25, 0.3) is 0 Å². The first-order valence-corrected chi connectivity index (χ1v) is 8.60. The van der Waals surface area contributed by atoms with Crippen LogP contribution in [0, 0.1) is 0 Å². The van der Waals surface area contributed by atoms with Crippen LogP contribution in [0.15, 0.2) is 46.9 Å². The van der Waals surface area contributed by atoms with Gasteiger partial charge in [-0.15, -0.1) is 0 Å². The van der Waals surface area contributed by atoms with Gasteiger partial charge in [0.25, 0.3) is 0 Å². The van der Waals surface area contributed by atoms with E-state index in [2.05, 4.69) is 15.9 Å². The van der Waals surface area contributed by atoms with Crippen LogP contribution in [0.1, 0.15) is 24.3 Å². The van der Waals surface area contributed by atoms with Gasteiger partial charge in [0.15, 0.2) is 0 Å². The molecule has 0 unspecified atom stereocenters. The van der Waals surface area contributed by atoms with Gasteiger partial charge in [0.05, 0.1) is 11.1 Å². The number of para-hydroxylation sites is 1. The van der Waals surface area contributed by atoms with Gasteiger partial charge in [-0.05, 0) is 58.6 Å². The Balaban J connectivity index is 1.88. The molecule has 0 aliphatic carbocycles. The Hall–Kier alpha value is -0.740. The number of aliphatic hydroxyl groups is 1. The summed E-state index contributed by atoms with van der Waals surface area (Å²) in [6.07, 6.45) is 1.62. The Morgan fingerprint density at radius 1 is 1.14 bits per heavy atom. The fraction of sp³-hybridized carbons (Fsp3) is 0.294. The summed E-state index contributed by atoms with van der Waals surface area (Å²) in [5.41, 5.74) is 0.925. The van der Waals surface area contributed by atoms with Crippen LogP contribution < -0.4 is 4.74 Å². The van der Waals surface area contributed by atoms with Gasteiger partial charge in [-0.25, -0.2) is 0 Å². The zero-order chi connectivity index (χ0) is 15.9. The highest BCUT2D eigenvalue weighted by atomic mass is 79.9. The molecule has 1 N–H and O–H groups in total.